The number of nitrogens with zero attached hydrogens (tertiary/aromatic N) is 1. The largest absolute Gasteiger partial charge is 0.397 e. The van der Waals surface area contributed by atoms with Crippen molar-refractivity contribution in [3.05, 3.63) is 23.3 Å². The Balaban J connectivity index is 3.49. The Morgan fingerprint density at radius 2 is 1.75 bits per heavy atom. The highest BCUT2D eigenvalue weighted by molar-refractivity contribution is 7.89. The minimum atomic E-state index is -3.87. The lowest BCUT2D eigenvalue weighted by Gasteiger charge is -2.26. The van der Waals surface area contributed by atoms with Crippen LogP contribution in [0.25, 0.3) is 0 Å². The van der Waals surface area contributed by atoms with E-state index < -0.39 is 22.0 Å². The predicted octanol–water partition coefficient (Wildman–Crippen LogP) is 0.770. The standard InChI is InChI=1S/C13H21N3O3S/c1-8(2)16(7-11(14)17)20(18,19)13-10(4)6-5-9(3)12(13)15/h5-6,8H,7,15H2,1-4H3,(H2,14,17). The molecule has 0 spiro atoms. The molecule has 0 saturated heterocycles. The van der Waals surface area contributed by atoms with Gasteiger partial charge in [0.05, 0.1) is 12.2 Å². The molecule has 20 heavy (non-hydrogen) atoms. The summed E-state index contributed by atoms with van der Waals surface area (Å²) in [5, 5.41) is 0. The Labute approximate surface area is 119 Å². The molecule has 0 radical (unpaired) electrons. The number of anilines is 1. The number of carbonyl (C=O) groups is 1. The van der Waals surface area contributed by atoms with E-state index in [0.717, 1.165) is 4.31 Å². The monoisotopic (exact) mass is 299 g/mol. The molecule has 6 nitrogen and oxygen atoms in total. The fourth-order valence-electron chi connectivity index (χ4n) is 1.97. The summed E-state index contributed by atoms with van der Waals surface area (Å²) in [6.07, 6.45) is 0. The number of nitrogen functional groups attached to an aromatic ring is 1. The van der Waals surface area contributed by atoms with Crippen LogP contribution in [0.3, 0.4) is 0 Å². The summed E-state index contributed by atoms with van der Waals surface area (Å²) >= 11 is 0. The second kappa shape index (κ2) is 5.80. The molecule has 1 amide bonds. The summed E-state index contributed by atoms with van der Waals surface area (Å²) in [6.45, 7) is 6.41. The molecule has 0 aromatic heterocycles. The maximum absolute atomic E-state index is 12.7. The van der Waals surface area contributed by atoms with Crippen molar-refractivity contribution in [2.45, 2.75) is 38.6 Å². The van der Waals surface area contributed by atoms with Crippen LogP contribution in [0.15, 0.2) is 17.0 Å². The highest BCUT2D eigenvalue weighted by Crippen LogP contribution is 2.29. The van der Waals surface area contributed by atoms with Crippen molar-refractivity contribution in [1.29, 1.82) is 0 Å². The fourth-order valence-corrected chi connectivity index (χ4v) is 3.97. The van der Waals surface area contributed by atoms with Crippen molar-refractivity contribution in [3.8, 4) is 0 Å². The first-order valence-electron chi connectivity index (χ1n) is 6.24. The number of hydrogen-bond donors (Lipinski definition) is 2. The average Bonchev–Trinajstić information content (AvgIpc) is 2.30. The summed E-state index contributed by atoms with van der Waals surface area (Å²) in [6, 6.07) is 3.06. The van der Waals surface area contributed by atoms with Crippen LogP contribution < -0.4 is 11.5 Å². The molecule has 4 N–H and O–H groups in total. The van der Waals surface area contributed by atoms with Gasteiger partial charge in [-0.1, -0.05) is 12.1 Å². The van der Waals surface area contributed by atoms with Gasteiger partial charge in [-0.05, 0) is 38.8 Å². The third kappa shape index (κ3) is 3.10. The molecule has 0 aliphatic carbocycles. The minimum absolute atomic E-state index is 0.0486. The van der Waals surface area contributed by atoms with Gasteiger partial charge in [-0.25, -0.2) is 8.42 Å². The van der Waals surface area contributed by atoms with Crippen LogP contribution in [0.4, 0.5) is 5.69 Å². The van der Waals surface area contributed by atoms with Crippen LogP contribution in [0.1, 0.15) is 25.0 Å². The van der Waals surface area contributed by atoms with Gasteiger partial charge < -0.3 is 11.5 Å². The van der Waals surface area contributed by atoms with Crippen molar-refractivity contribution in [1.82, 2.24) is 4.31 Å². The van der Waals surface area contributed by atoms with E-state index in [9.17, 15) is 13.2 Å². The highest BCUT2D eigenvalue weighted by Gasteiger charge is 2.31. The van der Waals surface area contributed by atoms with Gasteiger partial charge in [0.25, 0.3) is 0 Å². The number of hydrogen-bond acceptors (Lipinski definition) is 4. The topological polar surface area (TPSA) is 106 Å². The van der Waals surface area contributed by atoms with Crippen molar-refractivity contribution in [3.63, 3.8) is 0 Å². The fraction of sp³-hybridized carbons (Fsp3) is 0.462. The van der Waals surface area contributed by atoms with Crippen LogP contribution in [-0.2, 0) is 14.8 Å². The molecule has 0 bridgehead atoms. The van der Waals surface area contributed by atoms with Gasteiger partial charge in [-0.2, -0.15) is 4.31 Å². The molecule has 0 heterocycles. The van der Waals surface area contributed by atoms with E-state index in [1.807, 2.05) is 0 Å². The summed E-state index contributed by atoms with van der Waals surface area (Å²) in [7, 11) is -3.87. The molecule has 1 rings (SSSR count). The van der Waals surface area contributed by atoms with Crippen LogP contribution >= 0.6 is 0 Å². The van der Waals surface area contributed by atoms with Gasteiger partial charge in [0.2, 0.25) is 15.9 Å². The second-order valence-electron chi connectivity index (χ2n) is 5.05. The zero-order valence-electron chi connectivity index (χ0n) is 12.2. The molecular formula is C13H21N3O3S. The van der Waals surface area contributed by atoms with Crippen molar-refractivity contribution < 1.29 is 13.2 Å². The van der Waals surface area contributed by atoms with Gasteiger partial charge >= 0.3 is 0 Å². The quantitative estimate of drug-likeness (QED) is 0.783. The van der Waals surface area contributed by atoms with E-state index in [4.69, 9.17) is 11.5 Å². The number of primary amides is 1. The number of aryl methyl sites for hydroxylation is 2. The predicted molar refractivity (Wildman–Crippen MR) is 78.6 cm³/mol. The SMILES string of the molecule is Cc1ccc(C)c(S(=O)(=O)N(CC(N)=O)C(C)C)c1N. The first-order valence-corrected chi connectivity index (χ1v) is 7.68. The van der Waals surface area contributed by atoms with Gasteiger partial charge in [-0.3, -0.25) is 4.79 Å². The summed E-state index contributed by atoms with van der Waals surface area (Å²) in [5.41, 5.74) is 12.5. The van der Waals surface area contributed by atoms with Crippen molar-refractivity contribution >= 4 is 21.6 Å². The molecule has 1 aromatic rings. The molecule has 0 aliphatic rings. The maximum atomic E-state index is 12.7. The molecule has 1 aromatic carbocycles. The molecular weight excluding hydrogens is 278 g/mol. The van der Waals surface area contributed by atoms with Gasteiger partial charge in [0.1, 0.15) is 4.90 Å². The Hall–Kier alpha value is -1.60. The van der Waals surface area contributed by atoms with E-state index in [1.54, 1.807) is 39.8 Å². The highest BCUT2D eigenvalue weighted by atomic mass is 32.2. The number of benzene rings is 1. The van der Waals surface area contributed by atoms with Gasteiger partial charge in [-0.15, -0.1) is 0 Å². The lowest BCUT2D eigenvalue weighted by atomic mass is 10.1. The normalized spacial score (nSPS) is 12.1. The molecule has 0 aliphatic heterocycles. The molecule has 0 fully saturated rings. The Kier molecular flexibility index (Phi) is 4.77. The first-order chi connectivity index (χ1) is 9.09. The summed E-state index contributed by atoms with van der Waals surface area (Å²) < 4.78 is 26.5. The first kappa shape index (κ1) is 16.5. The van der Waals surface area contributed by atoms with Crippen molar-refractivity contribution in [2.75, 3.05) is 12.3 Å². The van der Waals surface area contributed by atoms with E-state index in [2.05, 4.69) is 0 Å². The number of sulfonamides is 1. The second-order valence-corrected chi connectivity index (χ2v) is 6.88. The van der Waals surface area contributed by atoms with Gasteiger partial charge in [0.15, 0.2) is 0 Å². The third-order valence-electron chi connectivity index (χ3n) is 3.07. The van der Waals surface area contributed by atoms with Gasteiger partial charge in [0, 0.05) is 6.04 Å². The molecule has 0 unspecified atom stereocenters. The molecule has 112 valence electrons. The Bertz CT molecular complexity index is 624. The number of rotatable bonds is 5. The van der Waals surface area contributed by atoms with Crippen LogP contribution in [0, 0.1) is 13.8 Å². The zero-order valence-corrected chi connectivity index (χ0v) is 13.0. The van der Waals surface area contributed by atoms with E-state index >= 15 is 0 Å². The van der Waals surface area contributed by atoms with Crippen LogP contribution in [-0.4, -0.2) is 31.2 Å². The Morgan fingerprint density at radius 3 is 2.20 bits per heavy atom. The summed E-state index contributed by atoms with van der Waals surface area (Å²) in [4.78, 5) is 11.2. The maximum Gasteiger partial charge on any atom is 0.246 e. The number of amides is 1. The number of nitrogens with two attached hydrogens (primary N) is 2. The minimum Gasteiger partial charge on any atom is -0.397 e. The lowest BCUT2D eigenvalue weighted by Crippen LogP contribution is -2.43. The van der Waals surface area contributed by atoms with Crippen molar-refractivity contribution in [2.24, 2.45) is 5.73 Å². The van der Waals surface area contributed by atoms with Crippen LogP contribution in [0.2, 0.25) is 0 Å². The van der Waals surface area contributed by atoms with E-state index in [0.29, 0.717) is 11.1 Å². The summed E-state index contributed by atoms with van der Waals surface area (Å²) in [5.74, 6) is -0.703. The average molecular weight is 299 g/mol. The van der Waals surface area contributed by atoms with E-state index in [1.165, 1.54) is 0 Å². The molecule has 7 heteroatoms. The number of carbonyl (C=O) groups excluding carboxylic acids is 1. The lowest BCUT2D eigenvalue weighted by molar-refractivity contribution is -0.118. The molecule has 0 saturated carbocycles. The zero-order chi connectivity index (χ0) is 15.7. The van der Waals surface area contributed by atoms with Crippen LogP contribution in [0.5, 0.6) is 0 Å². The third-order valence-corrected chi connectivity index (χ3v) is 5.29. The van der Waals surface area contributed by atoms with E-state index in [-0.39, 0.29) is 17.1 Å². The Morgan fingerprint density at radius 1 is 1.25 bits per heavy atom. The smallest absolute Gasteiger partial charge is 0.246 e. The molecule has 0 atom stereocenters.